The first-order chi connectivity index (χ1) is 18.8. The molecule has 1 fully saturated rings. The van der Waals surface area contributed by atoms with Crippen LogP contribution in [0.5, 0.6) is 0 Å². The Labute approximate surface area is 231 Å². The van der Waals surface area contributed by atoms with Crippen LogP contribution in [0.2, 0.25) is 0 Å². The summed E-state index contributed by atoms with van der Waals surface area (Å²) in [5, 5.41) is 10.2. The van der Waals surface area contributed by atoms with Crippen molar-refractivity contribution in [2.24, 2.45) is 4.40 Å². The van der Waals surface area contributed by atoms with E-state index >= 15 is 0 Å². The maximum Gasteiger partial charge on any atom is 0.253 e. The predicted molar refractivity (Wildman–Crippen MR) is 155 cm³/mol. The number of nitrogens with zero attached hydrogens (tertiary/aromatic N) is 5. The molecule has 1 aliphatic heterocycles. The van der Waals surface area contributed by atoms with E-state index in [0.29, 0.717) is 44.5 Å². The first kappa shape index (κ1) is 26.8. The molecule has 1 aliphatic rings. The van der Waals surface area contributed by atoms with Crippen LogP contribution in [0.15, 0.2) is 59.0 Å². The Bertz CT molecular complexity index is 1570. The van der Waals surface area contributed by atoms with Gasteiger partial charge in [0.15, 0.2) is 11.0 Å². The zero-order valence-electron chi connectivity index (χ0n) is 21.7. The molecular weight excluding hydrogens is 536 g/mol. The van der Waals surface area contributed by atoms with E-state index in [9.17, 15) is 8.42 Å². The quantitative estimate of drug-likeness (QED) is 0.216. The monoisotopic (exact) mass is 566 g/mol. The molecule has 0 radical (unpaired) electrons. The van der Waals surface area contributed by atoms with E-state index in [1.165, 1.54) is 5.56 Å². The molecular formula is C26H30N8O3S2. The maximum absolute atomic E-state index is 11.9. The van der Waals surface area contributed by atoms with E-state index < -0.39 is 10.0 Å². The van der Waals surface area contributed by atoms with Crippen LogP contribution in [-0.2, 0) is 27.8 Å². The van der Waals surface area contributed by atoms with E-state index in [-0.39, 0.29) is 12.5 Å². The normalized spacial score (nSPS) is 14.4. The maximum atomic E-state index is 11.9. The molecule has 0 amide bonds. The minimum atomic E-state index is -3.64. The van der Waals surface area contributed by atoms with Crippen LogP contribution >= 0.6 is 11.3 Å². The first-order valence-electron chi connectivity index (χ1n) is 12.5. The van der Waals surface area contributed by atoms with Gasteiger partial charge >= 0.3 is 0 Å². The summed E-state index contributed by atoms with van der Waals surface area (Å²) in [4.78, 5) is 16.3. The summed E-state index contributed by atoms with van der Waals surface area (Å²) >= 11 is 1.56. The van der Waals surface area contributed by atoms with Crippen molar-refractivity contribution in [3.63, 3.8) is 0 Å². The zero-order chi connectivity index (χ0) is 27.2. The van der Waals surface area contributed by atoms with E-state index in [1.54, 1.807) is 11.3 Å². The molecule has 0 atom stereocenters. The highest BCUT2D eigenvalue weighted by Crippen LogP contribution is 2.29. The molecule has 0 unspecified atom stereocenters. The fourth-order valence-electron chi connectivity index (χ4n) is 4.01. The second-order valence-corrected chi connectivity index (χ2v) is 11.8. The summed E-state index contributed by atoms with van der Waals surface area (Å²) in [6, 6.07) is 17.7. The van der Waals surface area contributed by atoms with E-state index in [4.69, 9.17) is 14.7 Å². The Morgan fingerprint density at radius 1 is 1.03 bits per heavy atom. The minimum Gasteiger partial charge on any atom is -0.378 e. The van der Waals surface area contributed by atoms with Crippen molar-refractivity contribution < 1.29 is 13.2 Å². The molecule has 2 aromatic heterocycles. The van der Waals surface area contributed by atoms with Gasteiger partial charge in [-0.15, -0.1) is 4.40 Å². The number of morpholine rings is 1. The second kappa shape index (κ2) is 11.9. The average molecular weight is 567 g/mol. The van der Waals surface area contributed by atoms with Gasteiger partial charge in [0.1, 0.15) is 11.6 Å². The van der Waals surface area contributed by atoms with Crippen molar-refractivity contribution >= 4 is 54.3 Å². The third-order valence-electron chi connectivity index (χ3n) is 5.85. The summed E-state index contributed by atoms with van der Waals surface area (Å²) in [6.45, 7) is 5.27. The van der Waals surface area contributed by atoms with Gasteiger partial charge < -0.3 is 25.6 Å². The molecule has 3 N–H and O–H groups in total. The summed E-state index contributed by atoms with van der Waals surface area (Å²) in [7, 11) is -3.64. The molecule has 204 valence electrons. The Morgan fingerprint density at radius 2 is 1.79 bits per heavy atom. The topological polar surface area (TPSA) is 134 Å². The van der Waals surface area contributed by atoms with Gasteiger partial charge in [0.05, 0.1) is 36.2 Å². The van der Waals surface area contributed by atoms with Gasteiger partial charge in [-0.25, -0.2) is 23.4 Å². The number of hydrogen-bond acceptors (Lipinski definition) is 9. The molecule has 1 saturated heterocycles. The molecule has 11 nitrogen and oxygen atoms in total. The number of benzene rings is 2. The molecule has 13 heteroatoms. The van der Waals surface area contributed by atoms with Crippen LogP contribution in [0.4, 0.5) is 16.8 Å². The third-order valence-corrected chi connectivity index (χ3v) is 7.29. The Balaban J connectivity index is 1.38. The zero-order valence-corrected chi connectivity index (χ0v) is 23.3. The lowest BCUT2D eigenvalue weighted by molar-refractivity contribution is 0.122. The van der Waals surface area contributed by atoms with Crippen molar-refractivity contribution in [2.75, 3.05) is 42.8 Å². The van der Waals surface area contributed by atoms with Gasteiger partial charge in [0, 0.05) is 25.7 Å². The van der Waals surface area contributed by atoms with Crippen LogP contribution in [0, 0.1) is 6.92 Å². The Morgan fingerprint density at radius 3 is 2.56 bits per heavy atom. The molecule has 0 saturated carbocycles. The molecule has 2 aromatic carbocycles. The first-order valence-corrected chi connectivity index (χ1v) is 15.1. The van der Waals surface area contributed by atoms with Crippen molar-refractivity contribution in [1.29, 1.82) is 0 Å². The highest BCUT2D eigenvalue weighted by Gasteiger charge is 2.17. The van der Waals surface area contributed by atoms with E-state index in [2.05, 4.69) is 43.2 Å². The smallest absolute Gasteiger partial charge is 0.253 e. The number of nitrogens with one attached hydrogen (secondary N) is 3. The number of fused-ring (bicyclic) bond motifs is 1. The predicted octanol–water partition coefficient (Wildman–Crippen LogP) is 3.17. The number of aryl methyl sites for hydroxylation is 1. The van der Waals surface area contributed by atoms with Crippen molar-refractivity contribution in [3.05, 3.63) is 71.5 Å². The van der Waals surface area contributed by atoms with Crippen molar-refractivity contribution in [2.45, 2.75) is 20.0 Å². The summed E-state index contributed by atoms with van der Waals surface area (Å²) in [5.74, 6) is 1.94. The molecule has 39 heavy (non-hydrogen) atoms. The highest BCUT2D eigenvalue weighted by molar-refractivity contribution is 7.89. The average Bonchev–Trinajstić information content (AvgIpc) is 3.31. The molecule has 3 heterocycles. The standard InChI is InChI=1S/C26H30N8O3S2/c1-18-8-9-20-21(14-18)38-26(29-20)32-22-15-24(34-10-12-37-13-11-34)31-23(30-22)17-28-25(33-39(2,35)36)27-16-19-6-4-3-5-7-19/h3-9,14-15H,10-13,16-17H2,1-2H3,(H2,27,28,33)(H,29,30,31,32). The number of guanidine groups is 1. The Hall–Kier alpha value is -3.81. The number of sulfonamides is 1. The van der Waals surface area contributed by atoms with Crippen LogP contribution in [0.1, 0.15) is 17.0 Å². The van der Waals surface area contributed by atoms with Gasteiger partial charge in [0.25, 0.3) is 10.0 Å². The number of anilines is 3. The van der Waals surface area contributed by atoms with Crippen molar-refractivity contribution in [1.82, 2.24) is 25.6 Å². The lowest BCUT2D eigenvalue weighted by atomic mass is 10.2. The Kier molecular flexibility index (Phi) is 8.19. The summed E-state index contributed by atoms with van der Waals surface area (Å²) in [6.07, 6.45) is 1.05. The number of hydrogen-bond donors (Lipinski definition) is 3. The minimum absolute atomic E-state index is 0.123. The molecule has 4 aromatic rings. The molecule has 0 aliphatic carbocycles. The molecule has 0 bridgehead atoms. The van der Waals surface area contributed by atoms with Crippen molar-refractivity contribution in [3.8, 4) is 0 Å². The summed E-state index contributed by atoms with van der Waals surface area (Å²) < 4.78 is 34.3. The van der Waals surface area contributed by atoms with E-state index in [1.807, 2.05) is 48.5 Å². The number of ether oxygens (including phenoxy) is 1. The number of thiazole rings is 1. The second-order valence-electron chi connectivity index (χ2n) is 9.11. The molecule has 5 rings (SSSR count). The van der Waals surface area contributed by atoms with Crippen LogP contribution < -0.4 is 20.9 Å². The van der Waals surface area contributed by atoms with Gasteiger partial charge in [0.2, 0.25) is 5.96 Å². The largest absolute Gasteiger partial charge is 0.378 e. The number of aromatic nitrogens is 3. The summed E-state index contributed by atoms with van der Waals surface area (Å²) in [5.41, 5.74) is 3.09. The van der Waals surface area contributed by atoms with Crippen LogP contribution in [-0.4, -0.2) is 61.9 Å². The molecule has 0 spiro atoms. The third kappa shape index (κ3) is 7.62. The highest BCUT2D eigenvalue weighted by atomic mass is 32.2. The van der Waals surface area contributed by atoms with Crippen LogP contribution in [0.3, 0.4) is 0 Å². The van der Waals surface area contributed by atoms with Crippen LogP contribution in [0.25, 0.3) is 10.2 Å². The van der Waals surface area contributed by atoms with Gasteiger partial charge in [-0.1, -0.05) is 47.7 Å². The van der Waals surface area contributed by atoms with Gasteiger partial charge in [-0.3, -0.25) is 0 Å². The van der Waals surface area contributed by atoms with Gasteiger partial charge in [-0.05, 0) is 30.2 Å². The van der Waals surface area contributed by atoms with E-state index in [0.717, 1.165) is 33.0 Å². The lowest BCUT2D eigenvalue weighted by Gasteiger charge is -2.28. The lowest BCUT2D eigenvalue weighted by Crippen LogP contribution is -2.38. The fraction of sp³-hybridized carbons (Fsp3) is 0.308. The fourth-order valence-corrected chi connectivity index (χ4v) is 5.44. The SMILES string of the molecule is Cc1ccc2nc(Nc3cc(N4CCOCC4)nc(CN/C(=N/S(C)(=O)=O)NCc4ccccc4)n3)sc2c1. The number of rotatable bonds is 8. The van der Waals surface area contributed by atoms with Gasteiger partial charge in [-0.2, -0.15) is 0 Å².